The van der Waals surface area contributed by atoms with Crippen LogP contribution in [0.3, 0.4) is 0 Å². The number of rotatable bonds is 4. The summed E-state index contributed by atoms with van der Waals surface area (Å²) >= 11 is 0. The van der Waals surface area contributed by atoms with E-state index in [1.807, 2.05) is 0 Å². The second-order valence-corrected chi connectivity index (χ2v) is 4.42. The summed E-state index contributed by atoms with van der Waals surface area (Å²) in [7, 11) is 0. The Balaban J connectivity index is -0.0000000500. The Morgan fingerprint density at radius 2 is 0.500 bits per heavy atom. The maximum atomic E-state index is 8.00. The van der Waals surface area contributed by atoms with Gasteiger partial charge in [0, 0.05) is 39.0 Å². The second kappa shape index (κ2) is 23.1. The zero-order valence-corrected chi connectivity index (χ0v) is 18.4. The van der Waals surface area contributed by atoms with Gasteiger partial charge in [0.1, 0.15) is 0 Å². The van der Waals surface area contributed by atoms with E-state index in [1.54, 1.807) is 0 Å². The van der Waals surface area contributed by atoms with Crippen LogP contribution in [0.15, 0.2) is 48.6 Å². The molecule has 8 N–H and O–H groups in total. The fourth-order valence-corrected chi connectivity index (χ4v) is 0. The van der Waals surface area contributed by atoms with Crippen molar-refractivity contribution >= 4 is 23.9 Å². The van der Waals surface area contributed by atoms with Crippen LogP contribution in [0.2, 0.25) is 0 Å². The van der Waals surface area contributed by atoms with Gasteiger partial charge < -0.3 is 39.6 Å². The Morgan fingerprint density at radius 3 is 0.500 bits per heavy atom. The standard InChI is InChI=1S/4C4H6O2.2Rh/c4*1-3(2)4(5)6;;/h4*1H2,2H3,(H,5,6);;/p+4. The van der Waals surface area contributed by atoms with Gasteiger partial charge in [-0.05, 0) is 27.7 Å². The van der Waals surface area contributed by atoms with E-state index in [1.165, 1.54) is 27.7 Å². The monoisotopic (exact) mass is 554 g/mol. The number of carboxylic acid groups (broad SMARTS) is 4. The molecule has 0 aromatic rings. The molecule has 0 saturated carbocycles. The molecule has 0 aliphatic rings. The Morgan fingerprint density at radius 1 is 0.462 bits per heavy atom. The summed E-state index contributed by atoms with van der Waals surface area (Å²) in [5.41, 5.74) is 1.15. The predicted octanol–water partition coefficient (Wildman–Crippen LogP) is 2.49. The zero-order chi connectivity index (χ0) is 20.6. The molecule has 0 heterocycles. The SMILES string of the molecule is C=C(C)C(O)=[OH+].C=C(C)C(O)=[OH+].C=C(C)C(O)=[OH+].C=C(C)C(O)=[OH+].[Rh].[Rh]. The van der Waals surface area contributed by atoms with E-state index in [2.05, 4.69) is 26.3 Å². The van der Waals surface area contributed by atoms with Gasteiger partial charge in [-0.15, -0.1) is 0 Å². The van der Waals surface area contributed by atoms with Gasteiger partial charge in [-0.1, -0.05) is 26.3 Å². The molecule has 2 radical (unpaired) electrons. The van der Waals surface area contributed by atoms with Crippen LogP contribution >= 0.6 is 0 Å². The quantitative estimate of drug-likeness (QED) is 0.238. The van der Waals surface area contributed by atoms with Crippen LogP contribution in [0.25, 0.3) is 0 Å². The van der Waals surface area contributed by atoms with E-state index in [0.29, 0.717) is 0 Å². The van der Waals surface area contributed by atoms with Gasteiger partial charge in [0.15, 0.2) is 0 Å². The molecule has 0 aliphatic carbocycles. The minimum atomic E-state index is -0.685. The van der Waals surface area contributed by atoms with Gasteiger partial charge in [-0.25, -0.2) is 0 Å². The number of hydrogen-bond donors (Lipinski definition) is 4. The van der Waals surface area contributed by atoms with E-state index >= 15 is 0 Å². The molecule has 0 aliphatic heterocycles. The van der Waals surface area contributed by atoms with Crippen LogP contribution in [-0.2, 0) is 39.0 Å². The molecule has 0 atom stereocenters. The van der Waals surface area contributed by atoms with E-state index < -0.39 is 23.9 Å². The van der Waals surface area contributed by atoms with Crippen LogP contribution in [0, 0.1) is 0 Å². The first-order valence-corrected chi connectivity index (χ1v) is 6.20. The summed E-state index contributed by atoms with van der Waals surface area (Å²) in [6.07, 6.45) is 0. The summed E-state index contributed by atoms with van der Waals surface area (Å²) in [4.78, 5) is 32.0. The number of hydrogen-bond acceptors (Lipinski definition) is 0. The molecule has 154 valence electrons. The average Bonchev–Trinajstić information content (AvgIpc) is 2.40. The molecule has 0 aromatic carbocycles. The Kier molecular flexibility index (Phi) is 34.8. The average molecular weight is 554 g/mol. The third-order valence-electron chi connectivity index (χ3n) is 1.53. The molecule has 8 nitrogen and oxygen atoms in total. The Bertz CT molecular complexity index is 392. The van der Waals surface area contributed by atoms with Gasteiger partial charge >= 0.3 is 23.9 Å². The van der Waals surface area contributed by atoms with Crippen molar-refractivity contribution in [2.75, 3.05) is 0 Å². The smallest absolute Gasteiger partial charge is 0.335 e. The predicted molar refractivity (Wildman–Crippen MR) is 97.5 cm³/mol. The molecule has 0 aromatic heterocycles. The molecule has 0 unspecified atom stereocenters. The molecule has 0 amide bonds. The fraction of sp³-hybridized carbons (Fsp3) is 0.250. The maximum absolute atomic E-state index is 8.00. The van der Waals surface area contributed by atoms with Crippen LogP contribution < -0.4 is 0 Å². The molecular weight excluding hydrogens is 526 g/mol. The van der Waals surface area contributed by atoms with Crippen LogP contribution in [0.5, 0.6) is 0 Å². The van der Waals surface area contributed by atoms with Gasteiger partial charge in [0.25, 0.3) is 0 Å². The van der Waals surface area contributed by atoms with Gasteiger partial charge in [-0.3, -0.25) is 0 Å². The molecule has 26 heavy (non-hydrogen) atoms. The third-order valence-corrected chi connectivity index (χ3v) is 1.53. The molecule has 10 heteroatoms. The van der Waals surface area contributed by atoms with Crippen molar-refractivity contribution in [3.8, 4) is 0 Å². The fourth-order valence-electron chi connectivity index (χ4n) is 0. The van der Waals surface area contributed by atoms with Crippen molar-refractivity contribution in [3.05, 3.63) is 48.6 Å². The van der Waals surface area contributed by atoms with Crippen molar-refractivity contribution in [1.29, 1.82) is 0 Å². The number of aliphatic carboxylic acids is 4. The number of aliphatic hydroxyl groups excluding tert-OH is 4. The normalized spacial score (nSPS) is 6.92. The van der Waals surface area contributed by atoms with E-state index in [9.17, 15) is 0 Å². The Hall–Kier alpha value is -1.91. The largest absolute Gasteiger partial charge is 0.510 e. The summed E-state index contributed by atoms with van der Waals surface area (Å²) in [5, 5.41) is 32.0. The van der Waals surface area contributed by atoms with Gasteiger partial charge in [0.2, 0.25) is 0 Å². The minimum Gasteiger partial charge on any atom is -0.335 e. The molecule has 0 spiro atoms. The molecular formula is C16H28O8Rh2+4. The van der Waals surface area contributed by atoms with E-state index in [4.69, 9.17) is 39.6 Å². The molecule has 0 rings (SSSR count). The van der Waals surface area contributed by atoms with Crippen LogP contribution in [-0.4, -0.2) is 63.5 Å². The third kappa shape index (κ3) is 49.5. The molecule has 0 saturated heterocycles. The first kappa shape index (κ1) is 39.2. The molecule has 0 bridgehead atoms. The maximum Gasteiger partial charge on any atom is 0.510 e. The van der Waals surface area contributed by atoms with Crippen molar-refractivity contribution in [2.45, 2.75) is 27.7 Å². The number of carboxylic acids is 4. The second-order valence-electron chi connectivity index (χ2n) is 4.42. The summed E-state index contributed by atoms with van der Waals surface area (Å²) in [5.74, 6) is -2.74. The van der Waals surface area contributed by atoms with E-state index in [0.717, 1.165) is 0 Å². The topological polar surface area (TPSA) is 167 Å². The first-order chi connectivity index (χ1) is 10.6. The summed E-state index contributed by atoms with van der Waals surface area (Å²) in [6.45, 7) is 18.9. The summed E-state index contributed by atoms with van der Waals surface area (Å²) in [6, 6.07) is 0. The van der Waals surface area contributed by atoms with Crippen molar-refractivity contribution in [3.63, 3.8) is 0 Å². The zero-order valence-electron chi connectivity index (χ0n) is 15.1. The Labute approximate surface area is 178 Å². The van der Waals surface area contributed by atoms with Crippen LogP contribution in [0.1, 0.15) is 27.7 Å². The van der Waals surface area contributed by atoms with Crippen molar-refractivity contribution in [2.24, 2.45) is 0 Å². The van der Waals surface area contributed by atoms with Crippen LogP contribution in [0.4, 0.5) is 0 Å². The van der Waals surface area contributed by atoms with Gasteiger partial charge in [-0.2, -0.15) is 0 Å². The summed E-state index contributed by atoms with van der Waals surface area (Å²) < 4.78 is 0. The first-order valence-electron chi connectivity index (χ1n) is 6.20. The van der Waals surface area contributed by atoms with Gasteiger partial charge in [0.05, 0.1) is 22.3 Å². The van der Waals surface area contributed by atoms with E-state index in [-0.39, 0.29) is 61.2 Å². The molecule has 0 fully saturated rings. The minimum absolute atomic E-state index is 0. The van der Waals surface area contributed by atoms with Crippen molar-refractivity contribution < 1.29 is 78.6 Å². The van der Waals surface area contributed by atoms with Crippen molar-refractivity contribution in [1.82, 2.24) is 0 Å².